The van der Waals surface area contributed by atoms with Crippen molar-refractivity contribution in [1.29, 1.82) is 0 Å². The van der Waals surface area contributed by atoms with Gasteiger partial charge in [0, 0.05) is 5.69 Å². The molecule has 1 heterocycles. The van der Waals surface area contributed by atoms with Crippen molar-refractivity contribution in [3.63, 3.8) is 0 Å². The molecule has 2 fully saturated rings. The van der Waals surface area contributed by atoms with Crippen LogP contribution in [0, 0.1) is 24.7 Å². The van der Waals surface area contributed by atoms with Crippen LogP contribution in [0.15, 0.2) is 24.3 Å². The largest absolute Gasteiger partial charge is 0.458 e. The van der Waals surface area contributed by atoms with Crippen molar-refractivity contribution in [2.45, 2.75) is 39.2 Å². The summed E-state index contributed by atoms with van der Waals surface area (Å²) in [5.74, 6) is 0.815. The third-order valence-electron chi connectivity index (χ3n) is 5.35. The second kappa shape index (κ2) is 7.15. The zero-order valence-corrected chi connectivity index (χ0v) is 15.4. The van der Waals surface area contributed by atoms with Crippen molar-refractivity contribution >= 4 is 28.9 Å². The molecule has 1 amide bonds. The Morgan fingerprint density at radius 3 is 2.69 bits per heavy atom. The van der Waals surface area contributed by atoms with Crippen molar-refractivity contribution in [2.75, 3.05) is 5.32 Å². The SMILES string of the molecule is Cc1ccc(NC(=O)c2nnc(COC(=O)C3CC4CCC3C4)s2)cc1. The van der Waals surface area contributed by atoms with Gasteiger partial charge in [-0.05, 0) is 50.2 Å². The van der Waals surface area contributed by atoms with Crippen molar-refractivity contribution in [3.05, 3.63) is 39.8 Å². The molecule has 3 atom stereocenters. The van der Waals surface area contributed by atoms with E-state index in [1.54, 1.807) is 0 Å². The van der Waals surface area contributed by atoms with Crippen molar-refractivity contribution in [1.82, 2.24) is 10.2 Å². The Morgan fingerprint density at radius 2 is 2.00 bits per heavy atom. The Hall–Kier alpha value is -2.28. The molecule has 4 rings (SSSR count). The van der Waals surface area contributed by atoms with Gasteiger partial charge in [0.2, 0.25) is 5.01 Å². The average Bonchev–Trinajstić information content (AvgIpc) is 3.38. The van der Waals surface area contributed by atoms with Crippen LogP contribution < -0.4 is 5.32 Å². The van der Waals surface area contributed by atoms with E-state index in [0.717, 1.165) is 29.7 Å². The normalized spacial score (nSPS) is 23.8. The van der Waals surface area contributed by atoms with Crippen LogP contribution in [-0.4, -0.2) is 22.1 Å². The molecule has 2 saturated carbocycles. The molecule has 7 heteroatoms. The van der Waals surface area contributed by atoms with Crippen molar-refractivity contribution < 1.29 is 14.3 Å². The highest BCUT2D eigenvalue weighted by atomic mass is 32.1. The number of fused-ring (bicyclic) bond motifs is 2. The summed E-state index contributed by atoms with van der Waals surface area (Å²) >= 11 is 1.15. The molecule has 0 spiro atoms. The lowest BCUT2D eigenvalue weighted by molar-refractivity contribution is -0.151. The van der Waals surface area contributed by atoms with E-state index in [1.807, 2.05) is 31.2 Å². The van der Waals surface area contributed by atoms with Crippen LogP contribution in [0.3, 0.4) is 0 Å². The van der Waals surface area contributed by atoms with Crippen LogP contribution in [0.25, 0.3) is 0 Å². The van der Waals surface area contributed by atoms with E-state index in [4.69, 9.17) is 4.74 Å². The molecule has 0 saturated heterocycles. The lowest BCUT2D eigenvalue weighted by Gasteiger charge is -2.19. The number of amides is 1. The van der Waals surface area contributed by atoms with Crippen LogP contribution in [0.5, 0.6) is 0 Å². The molecule has 1 aromatic heterocycles. The number of nitrogens with zero attached hydrogens (tertiary/aromatic N) is 2. The smallest absolute Gasteiger partial charge is 0.309 e. The number of nitrogens with one attached hydrogen (secondary N) is 1. The minimum Gasteiger partial charge on any atom is -0.458 e. The summed E-state index contributed by atoms with van der Waals surface area (Å²) in [5, 5.41) is 11.5. The number of aromatic nitrogens is 2. The fourth-order valence-corrected chi connectivity index (χ4v) is 4.65. The predicted molar refractivity (Wildman–Crippen MR) is 97.8 cm³/mol. The van der Waals surface area contributed by atoms with Gasteiger partial charge in [0.05, 0.1) is 5.92 Å². The fraction of sp³-hybridized carbons (Fsp3) is 0.474. The van der Waals surface area contributed by atoms with Gasteiger partial charge in [-0.3, -0.25) is 9.59 Å². The molecule has 2 aliphatic carbocycles. The monoisotopic (exact) mass is 371 g/mol. The number of benzene rings is 1. The topological polar surface area (TPSA) is 81.2 Å². The third kappa shape index (κ3) is 3.62. The van der Waals surface area contributed by atoms with E-state index in [9.17, 15) is 9.59 Å². The van der Waals surface area contributed by atoms with E-state index in [1.165, 1.54) is 12.8 Å². The minimum absolute atomic E-state index is 0.0472. The number of anilines is 1. The van der Waals surface area contributed by atoms with Gasteiger partial charge in [-0.1, -0.05) is 35.5 Å². The molecule has 1 N–H and O–H groups in total. The Labute approximate surface area is 156 Å². The molecular weight excluding hydrogens is 350 g/mol. The summed E-state index contributed by atoms with van der Waals surface area (Å²) in [6.07, 6.45) is 4.53. The van der Waals surface area contributed by atoms with Crippen LogP contribution >= 0.6 is 11.3 Å². The summed E-state index contributed by atoms with van der Waals surface area (Å²) in [5.41, 5.74) is 1.83. The molecule has 0 radical (unpaired) electrons. The summed E-state index contributed by atoms with van der Waals surface area (Å²) < 4.78 is 5.43. The number of ether oxygens (including phenoxy) is 1. The number of hydrogen-bond acceptors (Lipinski definition) is 6. The predicted octanol–water partition coefficient (Wildman–Crippen LogP) is 3.58. The molecule has 6 nitrogen and oxygen atoms in total. The van der Waals surface area contributed by atoms with Crippen LogP contribution in [0.2, 0.25) is 0 Å². The molecule has 1 aromatic carbocycles. The highest BCUT2D eigenvalue weighted by Gasteiger charge is 2.43. The van der Waals surface area contributed by atoms with Crippen LogP contribution in [0.1, 0.15) is 46.1 Å². The van der Waals surface area contributed by atoms with E-state index >= 15 is 0 Å². The first kappa shape index (κ1) is 17.1. The first-order valence-corrected chi connectivity index (χ1v) is 9.77. The molecular formula is C19H21N3O3S. The fourth-order valence-electron chi connectivity index (χ4n) is 4.00. The van der Waals surface area contributed by atoms with Gasteiger partial charge in [0.15, 0.2) is 5.01 Å². The Balaban J connectivity index is 1.30. The van der Waals surface area contributed by atoms with Gasteiger partial charge in [-0.2, -0.15) is 0 Å². The van der Waals surface area contributed by atoms with Gasteiger partial charge in [0.25, 0.3) is 5.91 Å². The Morgan fingerprint density at radius 1 is 1.19 bits per heavy atom. The van der Waals surface area contributed by atoms with E-state index in [2.05, 4.69) is 15.5 Å². The number of rotatable bonds is 5. The maximum atomic E-state index is 12.3. The van der Waals surface area contributed by atoms with E-state index in [0.29, 0.717) is 22.5 Å². The summed E-state index contributed by atoms with van der Waals surface area (Å²) in [6, 6.07) is 7.53. The number of hydrogen-bond donors (Lipinski definition) is 1. The zero-order valence-electron chi connectivity index (χ0n) is 14.6. The molecule has 2 aromatic rings. The molecule has 2 aliphatic rings. The van der Waals surface area contributed by atoms with Gasteiger partial charge in [-0.25, -0.2) is 0 Å². The lowest BCUT2D eigenvalue weighted by atomic mass is 9.89. The summed E-state index contributed by atoms with van der Waals surface area (Å²) in [6.45, 7) is 2.07. The van der Waals surface area contributed by atoms with Crippen LogP contribution in [-0.2, 0) is 16.1 Å². The van der Waals surface area contributed by atoms with Crippen LogP contribution in [0.4, 0.5) is 5.69 Å². The second-order valence-electron chi connectivity index (χ2n) is 7.21. The third-order valence-corrected chi connectivity index (χ3v) is 6.24. The number of aryl methyl sites for hydroxylation is 1. The minimum atomic E-state index is -0.308. The quantitative estimate of drug-likeness (QED) is 0.813. The molecule has 3 unspecified atom stereocenters. The number of carbonyl (C=O) groups excluding carboxylic acids is 2. The standard InChI is InChI=1S/C19H21N3O3S/c1-11-2-6-14(7-3-11)20-17(23)18-22-21-16(26-18)10-25-19(24)15-9-12-4-5-13(15)8-12/h2-3,6-7,12-13,15H,4-5,8-10H2,1H3,(H,20,23). The van der Waals surface area contributed by atoms with Crippen molar-refractivity contribution in [3.8, 4) is 0 Å². The van der Waals surface area contributed by atoms with Crippen molar-refractivity contribution in [2.24, 2.45) is 17.8 Å². The summed E-state index contributed by atoms with van der Waals surface area (Å²) in [4.78, 5) is 24.5. The Bertz CT molecular complexity index is 818. The number of esters is 1. The molecule has 136 valence electrons. The highest BCUT2D eigenvalue weighted by molar-refractivity contribution is 7.13. The maximum Gasteiger partial charge on any atom is 0.309 e. The first-order chi connectivity index (χ1) is 12.6. The molecule has 26 heavy (non-hydrogen) atoms. The highest BCUT2D eigenvalue weighted by Crippen LogP contribution is 2.48. The van der Waals surface area contributed by atoms with Gasteiger partial charge < -0.3 is 10.1 Å². The van der Waals surface area contributed by atoms with E-state index < -0.39 is 0 Å². The molecule has 2 bridgehead atoms. The first-order valence-electron chi connectivity index (χ1n) is 8.95. The maximum absolute atomic E-state index is 12.3. The van der Waals surface area contributed by atoms with E-state index in [-0.39, 0.29) is 29.4 Å². The summed E-state index contributed by atoms with van der Waals surface area (Å²) in [7, 11) is 0. The molecule has 0 aliphatic heterocycles. The lowest BCUT2D eigenvalue weighted by Crippen LogP contribution is -2.23. The second-order valence-corrected chi connectivity index (χ2v) is 8.27. The average molecular weight is 371 g/mol. The van der Waals surface area contributed by atoms with Gasteiger partial charge >= 0.3 is 5.97 Å². The van der Waals surface area contributed by atoms with Gasteiger partial charge in [0.1, 0.15) is 6.61 Å². The van der Waals surface area contributed by atoms with Gasteiger partial charge in [-0.15, -0.1) is 10.2 Å². The Kier molecular flexibility index (Phi) is 4.72. The zero-order chi connectivity index (χ0) is 18.1. The number of carbonyl (C=O) groups is 2.